The van der Waals surface area contributed by atoms with E-state index in [4.69, 9.17) is 11.6 Å². The van der Waals surface area contributed by atoms with Gasteiger partial charge in [0.15, 0.2) is 0 Å². The van der Waals surface area contributed by atoms with Gasteiger partial charge in [-0.3, -0.25) is 4.79 Å². The molecule has 2 aliphatic rings. The highest BCUT2D eigenvalue weighted by atomic mass is 35.5. The van der Waals surface area contributed by atoms with Gasteiger partial charge in [0.1, 0.15) is 0 Å². The standard InChI is InChI=1S/C15H19ClN2O/c16-13-5-1-4-12(9-13)15(6-7-15)18-14(19)11-3-2-8-17-10-11/h1,4-5,9,11,17H,2-3,6-8,10H2,(H,18,19). The van der Waals surface area contributed by atoms with Gasteiger partial charge in [-0.05, 0) is 49.9 Å². The Balaban J connectivity index is 1.70. The molecule has 3 rings (SSSR count). The number of rotatable bonds is 3. The third-order valence-corrected chi connectivity index (χ3v) is 4.39. The lowest BCUT2D eigenvalue weighted by Crippen LogP contribution is -2.44. The van der Waals surface area contributed by atoms with Crippen LogP contribution in [0, 0.1) is 5.92 Å². The normalized spacial score (nSPS) is 24.8. The molecular formula is C15H19ClN2O. The molecule has 1 aromatic carbocycles. The van der Waals surface area contributed by atoms with E-state index in [0.29, 0.717) is 0 Å². The Bertz CT molecular complexity index is 479. The first kappa shape index (κ1) is 12.9. The van der Waals surface area contributed by atoms with Crippen molar-refractivity contribution in [1.82, 2.24) is 10.6 Å². The molecule has 2 fully saturated rings. The lowest BCUT2D eigenvalue weighted by molar-refractivity contribution is -0.126. The van der Waals surface area contributed by atoms with Gasteiger partial charge in [-0.25, -0.2) is 0 Å². The summed E-state index contributed by atoms with van der Waals surface area (Å²) in [4.78, 5) is 12.3. The molecule has 1 heterocycles. The number of piperidine rings is 1. The molecule has 1 saturated heterocycles. The van der Waals surface area contributed by atoms with Crippen LogP contribution in [0.3, 0.4) is 0 Å². The smallest absolute Gasteiger partial charge is 0.225 e. The molecule has 19 heavy (non-hydrogen) atoms. The molecule has 0 bridgehead atoms. The highest BCUT2D eigenvalue weighted by Gasteiger charge is 2.46. The van der Waals surface area contributed by atoms with Crippen LogP contribution in [0.4, 0.5) is 0 Å². The van der Waals surface area contributed by atoms with E-state index in [0.717, 1.165) is 49.4 Å². The van der Waals surface area contributed by atoms with E-state index in [1.165, 1.54) is 0 Å². The lowest BCUT2D eigenvalue weighted by Gasteiger charge is -2.25. The van der Waals surface area contributed by atoms with E-state index in [2.05, 4.69) is 16.7 Å². The summed E-state index contributed by atoms with van der Waals surface area (Å²) in [6.45, 7) is 1.83. The zero-order chi connectivity index (χ0) is 13.3. The number of hydrogen-bond acceptors (Lipinski definition) is 2. The van der Waals surface area contributed by atoms with Gasteiger partial charge >= 0.3 is 0 Å². The molecule has 1 unspecified atom stereocenters. The first-order valence-corrected chi connectivity index (χ1v) is 7.36. The predicted octanol–water partition coefficient (Wildman–Crippen LogP) is 2.44. The van der Waals surface area contributed by atoms with Crippen molar-refractivity contribution >= 4 is 17.5 Å². The molecule has 1 aromatic rings. The summed E-state index contributed by atoms with van der Waals surface area (Å²) in [5.41, 5.74) is 0.983. The lowest BCUT2D eigenvalue weighted by atomic mass is 9.97. The first-order valence-electron chi connectivity index (χ1n) is 6.98. The van der Waals surface area contributed by atoms with Crippen molar-refractivity contribution in [2.24, 2.45) is 5.92 Å². The van der Waals surface area contributed by atoms with Crippen LogP contribution in [0.5, 0.6) is 0 Å². The minimum atomic E-state index is -0.153. The van der Waals surface area contributed by atoms with Gasteiger partial charge < -0.3 is 10.6 Å². The number of nitrogens with one attached hydrogen (secondary N) is 2. The second kappa shape index (κ2) is 5.14. The Morgan fingerprint density at radius 2 is 2.26 bits per heavy atom. The van der Waals surface area contributed by atoms with Crippen molar-refractivity contribution in [2.45, 2.75) is 31.2 Å². The molecular weight excluding hydrogens is 260 g/mol. The fourth-order valence-electron chi connectivity index (χ4n) is 2.81. The molecule has 0 spiro atoms. The van der Waals surface area contributed by atoms with Crippen LogP contribution in [0.15, 0.2) is 24.3 Å². The number of amides is 1. The summed E-state index contributed by atoms with van der Waals surface area (Å²) < 4.78 is 0. The third-order valence-electron chi connectivity index (χ3n) is 4.16. The van der Waals surface area contributed by atoms with Gasteiger partial charge in [-0.1, -0.05) is 23.7 Å². The Labute approximate surface area is 118 Å². The molecule has 1 saturated carbocycles. The second-order valence-corrected chi connectivity index (χ2v) is 6.06. The van der Waals surface area contributed by atoms with Crippen molar-refractivity contribution in [1.29, 1.82) is 0 Å². The fraction of sp³-hybridized carbons (Fsp3) is 0.533. The summed E-state index contributed by atoms with van der Waals surface area (Å²) in [6, 6.07) is 7.84. The molecule has 3 nitrogen and oxygen atoms in total. The summed E-state index contributed by atoms with van der Waals surface area (Å²) in [6.07, 6.45) is 4.10. The van der Waals surface area contributed by atoms with Gasteiger partial charge in [0.2, 0.25) is 5.91 Å². The van der Waals surface area contributed by atoms with Crippen LogP contribution < -0.4 is 10.6 Å². The number of benzene rings is 1. The van der Waals surface area contributed by atoms with Crippen molar-refractivity contribution in [3.05, 3.63) is 34.9 Å². The third kappa shape index (κ3) is 2.77. The van der Waals surface area contributed by atoms with Gasteiger partial charge in [0.25, 0.3) is 0 Å². The average molecular weight is 279 g/mol. The quantitative estimate of drug-likeness (QED) is 0.892. The molecule has 4 heteroatoms. The maximum atomic E-state index is 12.3. The van der Waals surface area contributed by atoms with Crippen LogP contribution >= 0.6 is 11.6 Å². The van der Waals surface area contributed by atoms with Crippen molar-refractivity contribution in [2.75, 3.05) is 13.1 Å². The Kier molecular flexibility index (Phi) is 3.50. The van der Waals surface area contributed by atoms with Crippen molar-refractivity contribution in [3.63, 3.8) is 0 Å². The van der Waals surface area contributed by atoms with Crippen molar-refractivity contribution < 1.29 is 4.79 Å². The fourth-order valence-corrected chi connectivity index (χ4v) is 3.00. The monoisotopic (exact) mass is 278 g/mol. The van der Waals surface area contributed by atoms with E-state index in [9.17, 15) is 4.79 Å². The Morgan fingerprint density at radius 3 is 2.89 bits per heavy atom. The SMILES string of the molecule is O=C(NC1(c2cccc(Cl)c2)CC1)C1CCCNC1. The summed E-state index contributed by atoms with van der Waals surface area (Å²) in [7, 11) is 0. The van der Waals surface area contributed by atoms with E-state index < -0.39 is 0 Å². The zero-order valence-corrected chi connectivity index (χ0v) is 11.7. The van der Waals surface area contributed by atoms with Crippen LogP contribution in [0.2, 0.25) is 5.02 Å². The molecule has 0 aromatic heterocycles. The Morgan fingerprint density at radius 1 is 1.42 bits per heavy atom. The minimum absolute atomic E-state index is 0.116. The second-order valence-electron chi connectivity index (χ2n) is 5.62. The van der Waals surface area contributed by atoms with Gasteiger partial charge in [-0.15, -0.1) is 0 Å². The summed E-state index contributed by atoms with van der Waals surface area (Å²) in [5.74, 6) is 0.301. The van der Waals surface area contributed by atoms with E-state index in [1.807, 2.05) is 18.2 Å². The largest absolute Gasteiger partial charge is 0.346 e. The molecule has 1 aliphatic carbocycles. The van der Waals surface area contributed by atoms with Crippen molar-refractivity contribution in [3.8, 4) is 0 Å². The van der Waals surface area contributed by atoms with Crippen LogP contribution in [-0.2, 0) is 10.3 Å². The first-order chi connectivity index (χ1) is 9.20. The summed E-state index contributed by atoms with van der Waals surface area (Å²) >= 11 is 6.04. The summed E-state index contributed by atoms with van der Waals surface area (Å²) in [5, 5.41) is 7.27. The highest BCUT2D eigenvalue weighted by Crippen LogP contribution is 2.46. The molecule has 102 valence electrons. The zero-order valence-electron chi connectivity index (χ0n) is 10.9. The molecule has 1 atom stereocenters. The van der Waals surface area contributed by atoms with Gasteiger partial charge in [0.05, 0.1) is 11.5 Å². The van der Waals surface area contributed by atoms with Crippen LogP contribution in [0.1, 0.15) is 31.2 Å². The Hall–Kier alpha value is -1.06. The molecule has 1 aliphatic heterocycles. The molecule has 2 N–H and O–H groups in total. The van der Waals surface area contributed by atoms with Crippen LogP contribution in [-0.4, -0.2) is 19.0 Å². The predicted molar refractivity (Wildman–Crippen MR) is 76.1 cm³/mol. The van der Waals surface area contributed by atoms with Gasteiger partial charge in [0, 0.05) is 11.6 Å². The number of carbonyl (C=O) groups is 1. The number of halogens is 1. The maximum absolute atomic E-state index is 12.3. The number of hydrogen-bond donors (Lipinski definition) is 2. The average Bonchev–Trinajstić information content (AvgIpc) is 3.21. The van der Waals surface area contributed by atoms with E-state index >= 15 is 0 Å². The molecule has 1 amide bonds. The van der Waals surface area contributed by atoms with E-state index in [1.54, 1.807) is 0 Å². The topological polar surface area (TPSA) is 41.1 Å². The maximum Gasteiger partial charge on any atom is 0.225 e. The van der Waals surface area contributed by atoms with Crippen LogP contribution in [0.25, 0.3) is 0 Å². The molecule has 0 radical (unpaired) electrons. The van der Waals surface area contributed by atoms with E-state index in [-0.39, 0.29) is 17.4 Å². The highest BCUT2D eigenvalue weighted by molar-refractivity contribution is 6.30. The minimum Gasteiger partial charge on any atom is -0.346 e. The van der Waals surface area contributed by atoms with Gasteiger partial charge in [-0.2, -0.15) is 0 Å². The number of carbonyl (C=O) groups excluding carboxylic acids is 1.